The third-order valence-electron chi connectivity index (χ3n) is 5.40. The van der Waals surface area contributed by atoms with Crippen LogP contribution in [0.15, 0.2) is 16.9 Å². The minimum Gasteiger partial charge on any atom is -0.339 e. The molecule has 1 aliphatic heterocycles. The van der Waals surface area contributed by atoms with Gasteiger partial charge in [0.15, 0.2) is 5.82 Å². The molecule has 3 heterocycles. The summed E-state index contributed by atoms with van der Waals surface area (Å²) >= 11 is 0. The number of aryl methyl sites for hydroxylation is 1. The molecule has 1 saturated carbocycles. The number of aromatic nitrogens is 4. The van der Waals surface area contributed by atoms with Crippen LogP contribution in [0.5, 0.6) is 0 Å². The maximum absolute atomic E-state index is 13.0. The van der Waals surface area contributed by atoms with Gasteiger partial charge in [0.25, 0.3) is 5.91 Å². The first-order valence-electron chi connectivity index (χ1n) is 9.44. The van der Waals surface area contributed by atoms with E-state index in [4.69, 9.17) is 4.52 Å². The van der Waals surface area contributed by atoms with E-state index < -0.39 is 0 Å². The molecule has 2 aromatic rings. The van der Waals surface area contributed by atoms with Crippen LogP contribution in [0.4, 0.5) is 0 Å². The molecule has 0 unspecified atom stereocenters. The second-order valence-corrected chi connectivity index (χ2v) is 7.06. The van der Waals surface area contributed by atoms with E-state index in [1.165, 1.54) is 19.3 Å². The quantitative estimate of drug-likeness (QED) is 0.851. The molecule has 134 valence electrons. The van der Waals surface area contributed by atoms with E-state index in [0.717, 1.165) is 32.2 Å². The van der Waals surface area contributed by atoms with Crippen molar-refractivity contribution >= 4 is 5.91 Å². The van der Waals surface area contributed by atoms with Crippen molar-refractivity contribution in [3.63, 3.8) is 0 Å². The summed E-state index contributed by atoms with van der Waals surface area (Å²) in [5.41, 5.74) is 0.664. The molecule has 7 nitrogen and oxygen atoms in total. The van der Waals surface area contributed by atoms with Crippen LogP contribution in [-0.2, 0) is 6.42 Å². The molecule has 1 saturated heterocycles. The van der Waals surface area contributed by atoms with Gasteiger partial charge in [0.2, 0.25) is 5.89 Å². The average Bonchev–Trinajstić information content (AvgIpc) is 3.41. The second kappa shape index (κ2) is 6.98. The van der Waals surface area contributed by atoms with E-state index in [0.29, 0.717) is 29.7 Å². The van der Waals surface area contributed by atoms with Crippen molar-refractivity contribution in [2.24, 2.45) is 0 Å². The molecular weight excluding hydrogens is 318 g/mol. The average molecular weight is 343 g/mol. The number of hydrogen-bond acceptors (Lipinski definition) is 5. The van der Waals surface area contributed by atoms with Gasteiger partial charge in [-0.15, -0.1) is 0 Å². The SMILES string of the molecule is CCc1nc([C@H]2CCCN2C(=O)c2cnn(C3CCCCC3)c2)no1. The third kappa shape index (κ3) is 3.19. The number of carbonyl (C=O) groups is 1. The van der Waals surface area contributed by atoms with E-state index in [1.54, 1.807) is 6.20 Å². The summed E-state index contributed by atoms with van der Waals surface area (Å²) in [6, 6.07) is 0.351. The maximum atomic E-state index is 13.0. The summed E-state index contributed by atoms with van der Waals surface area (Å²) < 4.78 is 7.22. The summed E-state index contributed by atoms with van der Waals surface area (Å²) in [6.07, 6.45) is 12.3. The summed E-state index contributed by atoms with van der Waals surface area (Å²) in [6.45, 7) is 2.71. The molecule has 2 aliphatic rings. The van der Waals surface area contributed by atoms with Crippen molar-refractivity contribution in [2.75, 3.05) is 6.54 Å². The maximum Gasteiger partial charge on any atom is 0.257 e. The Balaban J connectivity index is 1.50. The van der Waals surface area contributed by atoms with Crippen molar-refractivity contribution in [3.8, 4) is 0 Å². The predicted molar refractivity (Wildman–Crippen MR) is 91.0 cm³/mol. The first-order chi connectivity index (χ1) is 12.3. The molecule has 0 radical (unpaired) electrons. The van der Waals surface area contributed by atoms with E-state index in [1.807, 2.05) is 22.7 Å². The molecule has 4 rings (SSSR count). The highest BCUT2D eigenvalue weighted by Crippen LogP contribution is 2.32. The van der Waals surface area contributed by atoms with Gasteiger partial charge in [-0.3, -0.25) is 9.48 Å². The number of nitrogens with zero attached hydrogens (tertiary/aromatic N) is 5. The molecule has 1 atom stereocenters. The Labute approximate surface area is 147 Å². The van der Waals surface area contributed by atoms with Crippen molar-refractivity contribution < 1.29 is 9.32 Å². The van der Waals surface area contributed by atoms with Gasteiger partial charge in [-0.05, 0) is 25.7 Å². The van der Waals surface area contributed by atoms with Crippen molar-refractivity contribution in [1.29, 1.82) is 0 Å². The van der Waals surface area contributed by atoms with Gasteiger partial charge >= 0.3 is 0 Å². The van der Waals surface area contributed by atoms with Crippen LogP contribution in [0, 0.1) is 0 Å². The van der Waals surface area contributed by atoms with E-state index in [9.17, 15) is 4.79 Å². The van der Waals surface area contributed by atoms with Crippen LogP contribution >= 0.6 is 0 Å². The molecule has 0 N–H and O–H groups in total. The summed E-state index contributed by atoms with van der Waals surface area (Å²) in [4.78, 5) is 19.3. The fraction of sp³-hybridized carbons (Fsp3) is 0.667. The van der Waals surface area contributed by atoms with Gasteiger partial charge in [0.05, 0.1) is 23.8 Å². The highest BCUT2D eigenvalue weighted by atomic mass is 16.5. The first kappa shape index (κ1) is 16.3. The number of rotatable bonds is 4. The smallest absolute Gasteiger partial charge is 0.257 e. The minimum atomic E-state index is -0.0884. The highest BCUT2D eigenvalue weighted by molar-refractivity contribution is 5.94. The van der Waals surface area contributed by atoms with Crippen LogP contribution in [-0.4, -0.2) is 37.3 Å². The summed E-state index contributed by atoms with van der Waals surface area (Å²) in [5, 5.41) is 8.54. The molecular formula is C18H25N5O2. The first-order valence-corrected chi connectivity index (χ1v) is 9.44. The molecule has 0 spiro atoms. The predicted octanol–water partition coefficient (Wildman–Crippen LogP) is 3.31. The monoisotopic (exact) mass is 343 g/mol. The van der Waals surface area contributed by atoms with Gasteiger partial charge in [0, 0.05) is 19.2 Å². The molecule has 7 heteroatoms. The van der Waals surface area contributed by atoms with Gasteiger partial charge in [-0.2, -0.15) is 10.1 Å². The normalized spacial score (nSPS) is 21.8. The zero-order valence-electron chi connectivity index (χ0n) is 14.7. The van der Waals surface area contributed by atoms with Crippen molar-refractivity contribution in [2.45, 2.75) is 70.4 Å². The standard InChI is InChI=1S/C18H25N5O2/c1-2-16-20-17(21-25-16)15-9-6-10-22(15)18(24)13-11-19-23(12-13)14-7-4-3-5-8-14/h11-12,14-15H,2-10H2,1H3/t15-/m1/s1. The Morgan fingerprint density at radius 3 is 2.84 bits per heavy atom. The van der Waals surface area contributed by atoms with Crippen LogP contribution in [0.2, 0.25) is 0 Å². The van der Waals surface area contributed by atoms with Crippen molar-refractivity contribution in [1.82, 2.24) is 24.8 Å². The lowest BCUT2D eigenvalue weighted by atomic mass is 9.96. The lowest BCUT2D eigenvalue weighted by Gasteiger charge is -2.22. The Kier molecular flexibility index (Phi) is 4.55. The van der Waals surface area contributed by atoms with E-state index >= 15 is 0 Å². The molecule has 0 aromatic carbocycles. The topological polar surface area (TPSA) is 77.1 Å². The zero-order chi connectivity index (χ0) is 17.2. The third-order valence-corrected chi connectivity index (χ3v) is 5.40. The van der Waals surface area contributed by atoms with E-state index in [-0.39, 0.29) is 11.9 Å². The fourth-order valence-corrected chi connectivity index (χ4v) is 3.98. The lowest BCUT2D eigenvalue weighted by Crippen LogP contribution is -2.31. The highest BCUT2D eigenvalue weighted by Gasteiger charge is 2.34. The molecule has 1 aliphatic carbocycles. The Bertz CT molecular complexity index is 731. The largest absolute Gasteiger partial charge is 0.339 e. The van der Waals surface area contributed by atoms with Gasteiger partial charge in [-0.1, -0.05) is 31.3 Å². The Morgan fingerprint density at radius 2 is 2.08 bits per heavy atom. The molecule has 2 fully saturated rings. The Hall–Kier alpha value is -2.18. The van der Waals surface area contributed by atoms with Gasteiger partial charge < -0.3 is 9.42 Å². The summed E-state index contributed by atoms with van der Waals surface area (Å²) in [5.74, 6) is 1.27. The zero-order valence-corrected chi connectivity index (χ0v) is 14.7. The number of hydrogen-bond donors (Lipinski definition) is 0. The lowest BCUT2D eigenvalue weighted by molar-refractivity contribution is 0.0728. The van der Waals surface area contributed by atoms with Gasteiger partial charge in [0.1, 0.15) is 0 Å². The second-order valence-electron chi connectivity index (χ2n) is 7.06. The Morgan fingerprint density at radius 1 is 1.24 bits per heavy atom. The van der Waals surface area contributed by atoms with Crippen LogP contribution < -0.4 is 0 Å². The molecule has 25 heavy (non-hydrogen) atoms. The number of amides is 1. The van der Waals surface area contributed by atoms with Crippen LogP contribution in [0.25, 0.3) is 0 Å². The van der Waals surface area contributed by atoms with Crippen LogP contribution in [0.1, 0.15) is 86.0 Å². The van der Waals surface area contributed by atoms with Crippen LogP contribution in [0.3, 0.4) is 0 Å². The van der Waals surface area contributed by atoms with E-state index in [2.05, 4.69) is 15.2 Å². The van der Waals surface area contributed by atoms with Gasteiger partial charge in [-0.25, -0.2) is 0 Å². The molecule has 2 aromatic heterocycles. The van der Waals surface area contributed by atoms with Crippen molar-refractivity contribution in [3.05, 3.63) is 29.7 Å². The fourth-order valence-electron chi connectivity index (χ4n) is 3.98. The minimum absolute atomic E-state index is 0.0207. The molecule has 0 bridgehead atoms. The number of carbonyl (C=O) groups excluding carboxylic acids is 1. The number of likely N-dealkylation sites (tertiary alicyclic amines) is 1. The summed E-state index contributed by atoms with van der Waals surface area (Å²) in [7, 11) is 0. The molecule has 1 amide bonds.